The quantitative estimate of drug-likeness (QED) is 0.442. The maximum Gasteiger partial charge on any atom is 0.281 e. The van der Waals surface area contributed by atoms with Crippen molar-refractivity contribution >= 4 is 56.5 Å². The third-order valence-electron chi connectivity index (χ3n) is 3.95. The van der Waals surface area contributed by atoms with Gasteiger partial charge in [0.2, 0.25) is 0 Å². The molecule has 0 aliphatic rings. The number of fused-ring (bicyclic) bond motifs is 1. The Hall–Kier alpha value is -2.16. The fourth-order valence-corrected chi connectivity index (χ4v) is 4.32. The number of amides is 1. The second kappa shape index (κ2) is 8.24. The zero-order valence-electron chi connectivity index (χ0n) is 14.6. The number of thiazole rings is 1. The number of carbonyl (C=O) groups excluding carboxylic acids is 1. The minimum Gasteiger partial charge on any atom is -0.316 e. The number of hydrogen-bond donors (Lipinski definition) is 0. The van der Waals surface area contributed by atoms with Crippen molar-refractivity contribution in [1.29, 1.82) is 0 Å². The Morgan fingerprint density at radius 3 is 2.81 bits per heavy atom. The zero-order chi connectivity index (χ0) is 19.6. The van der Waals surface area contributed by atoms with Crippen LogP contribution < -0.4 is 4.80 Å². The molecule has 1 heterocycles. The Labute approximate surface area is 168 Å². The molecular formula is C18H16ClN3O3S2. The first-order valence-corrected chi connectivity index (χ1v) is 10.6. The maximum absolute atomic E-state index is 12.7. The fourth-order valence-electron chi connectivity index (χ4n) is 2.60. The van der Waals surface area contributed by atoms with Gasteiger partial charge in [-0.3, -0.25) is 14.9 Å². The second-order valence-electron chi connectivity index (χ2n) is 5.84. The van der Waals surface area contributed by atoms with Gasteiger partial charge < -0.3 is 4.57 Å². The van der Waals surface area contributed by atoms with Gasteiger partial charge >= 0.3 is 0 Å². The molecule has 0 aliphatic heterocycles. The number of benzene rings is 2. The molecule has 0 N–H and O–H groups in total. The van der Waals surface area contributed by atoms with E-state index in [9.17, 15) is 14.9 Å². The normalized spacial score (nSPS) is 11.9. The molecule has 0 spiro atoms. The average molecular weight is 422 g/mol. The van der Waals surface area contributed by atoms with Crippen molar-refractivity contribution in [3.63, 3.8) is 0 Å². The number of nitrogens with zero attached hydrogens (tertiary/aromatic N) is 3. The first kappa shape index (κ1) is 19.6. The molecule has 1 amide bonds. The van der Waals surface area contributed by atoms with Crippen molar-refractivity contribution in [2.75, 3.05) is 12.0 Å². The number of rotatable bonds is 5. The monoisotopic (exact) mass is 421 g/mol. The van der Waals surface area contributed by atoms with Crippen molar-refractivity contribution in [1.82, 2.24) is 4.57 Å². The number of aryl methyl sites for hydroxylation is 2. The van der Waals surface area contributed by atoms with E-state index in [-0.39, 0.29) is 16.3 Å². The lowest BCUT2D eigenvalue weighted by atomic mass is 10.2. The Balaban J connectivity index is 2.13. The van der Waals surface area contributed by atoms with E-state index in [1.807, 2.05) is 29.9 Å². The van der Waals surface area contributed by atoms with E-state index in [0.717, 1.165) is 27.6 Å². The summed E-state index contributed by atoms with van der Waals surface area (Å²) in [4.78, 5) is 27.9. The number of nitro benzene ring substituents is 1. The number of halogens is 1. The third-order valence-corrected chi connectivity index (χ3v) is 5.91. The first-order valence-electron chi connectivity index (χ1n) is 8.02. The van der Waals surface area contributed by atoms with Crippen LogP contribution in [0.4, 0.5) is 5.69 Å². The lowest BCUT2D eigenvalue weighted by molar-refractivity contribution is -0.384. The molecular weight excluding hydrogens is 406 g/mol. The number of thioether (sulfide) groups is 1. The van der Waals surface area contributed by atoms with Crippen LogP contribution in [-0.4, -0.2) is 27.4 Å². The summed E-state index contributed by atoms with van der Waals surface area (Å²) < 4.78 is 3.03. The van der Waals surface area contributed by atoms with Gasteiger partial charge in [-0.1, -0.05) is 29.0 Å². The molecule has 3 rings (SSSR count). The maximum atomic E-state index is 12.7. The summed E-state index contributed by atoms with van der Waals surface area (Å²) in [6.07, 6.45) is 2.02. The summed E-state index contributed by atoms with van der Waals surface area (Å²) >= 11 is 9.20. The van der Waals surface area contributed by atoms with E-state index in [1.54, 1.807) is 11.8 Å². The summed E-state index contributed by atoms with van der Waals surface area (Å²) in [5.41, 5.74) is 1.97. The van der Waals surface area contributed by atoms with E-state index < -0.39 is 10.8 Å². The van der Waals surface area contributed by atoms with Crippen LogP contribution in [0, 0.1) is 17.0 Å². The standard InChI is InChI=1S/C18H16ClN3O3S2/c1-11-3-6-15-16(9-11)27-18(21(15)7-8-26-2)20-17(23)13-10-12(22(24)25)4-5-14(13)19/h3-6,9-10H,7-8H2,1-2H3. The number of aromatic nitrogens is 1. The van der Waals surface area contributed by atoms with Gasteiger partial charge in [0, 0.05) is 24.4 Å². The fraction of sp³-hybridized carbons (Fsp3) is 0.222. The van der Waals surface area contributed by atoms with E-state index in [1.165, 1.54) is 23.5 Å². The van der Waals surface area contributed by atoms with Gasteiger partial charge in [-0.2, -0.15) is 16.8 Å². The Bertz CT molecular complexity index is 1100. The van der Waals surface area contributed by atoms with Crippen LogP contribution in [0.15, 0.2) is 41.4 Å². The highest BCUT2D eigenvalue weighted by atomic mass is 35.5. The Morgan fingerprint density at radius 1 is 1.33 bits per heavy atom. The van der Waals surface area contributed by atoms with Crippen LogP contribution >= 0.6 is 34.7 Å². The van der Waals surface area contributed by atoms with Crippen LogP contribution in [0.25, 0.3) is 10.2 Å². The molecule has 0 saturated carbocycles. The number of nitro groups is 1. The highest BCUT2D eigenvalue weighted by molar-refractivity contribution is 7.98. The minimum atomic E-state index is -0.593. The summed E-state index contributed by atoms with van der Waals surface area (Å²) in [5, 5.41) is 11.1. The average Bonchev–Trinajstić information content (AvgIpc) is 2.95. The lowest BCUT2D eigenvalue weighted by Crippen LogP contribution is -2.18. The van der Waals surface area contributed by atoms with Crippen LogP contribution in [0.5, 0.6) is 0 Å². The third kappa shape index (κ3) is 4.23. The first-order chi connectivity index (χ1) is 12.9. The molecule has 0 radical (unpaired) electrons. The number of non-ortho nitro benzene ring substituents is 1. The number of carbonyl (C=O) groups is 1. The predicted molar refractivity (Wildman–Crippen MR) is 111 cm³/mol. The summed E-state index contributed by atoms with van der Waals surface area (Å²) in [6, 6.07) is 9.87. The van der Waals surface area contributed by atoms with E-state index in [4.69, 9.17) is 11.6 Å². The van der Waals surface area contributed by atoms with Gasteiger partial charge in [-0.15, -0.1) is 0 Å². The van der Waals surface area contributed by atoms with Crippen LogP contribution in [0.2, 0.25) is 5.02 Å². The molecule has 27 heavy (non-hydrogen) atoms. The van der Waals surface area contributed by atoms with Crippen molar-refractivity contribution in [2.45, 2.75) is 13.5 Å². The highest BCUT2D eigenvalue weighted by Gasteiger charge is 2.16. The SMILES string of the molecule is CSCCn1c(=NC(=O)c2cc([N+](=O)[O-])ccc2Cl)sc2cc(C)ccc21. The van der Waals surface area contributed by atoms with E-state index in [2.05, 4.69) is 11.1 Å². The molecule has 1 aromatic heterocycles. The van der Waals surface area contributed by atoms with Crippen LogP contribution in [0.3, 0.4) is 0 Å². The predicted octanol–water partition coefficient (Wildman–Crippen LogP) is 4.68. The second-order valence-corrected chi connectivity index (χ2v) is 8.24. The number of hydrogen-bond acceptors (Lipinski definition) is 5. The largest absolute Gasteiger partial charge is 0.316 e. The smallest absolute Gasteiger partial charge is 0.281 e. The molecule has 0 bridgehead atoms. The van der Waals surface area contributed by atoms with Crippen molar-refractivity contribution < 1.29 is 9.72 Å². The molecule has 6 nitrogen and oxygen atoms in total. The molecule has 0 aliphatic carbocycles. The van der Waals surface area contributed by atoms with Crippen LogP contribution in [-0.2, 0) is 6.54 Å². The van der Waals surface area contributed by atoms with Gasteiger partial charge in [0.15, 0.2) is 4.80 Å². The minimum absolute atomic E-state index is 0.0240. The van der Waals surface area contributed by atoms with E-state index in [0.29, 0.717) is 11.3 Å². The topological polar surface area (TPSA) is 77.5 Å². The van der Waals surface area contributed by atoms with Crippen LogP contribution in [0.1, 0.15) is 15.9 Å². The van der Waals surface area contributed by atoms with Crippen molar-refractivity contribution in [3.8, 4) is 0 Å². The zero-order valence-corrected chi connectivity index (χ0v) is 17.0. The Morgan fingerprint density at radius 2 is 2.11 bits per heavy atom. The summed E-state index contributed by atoms with van der Waals surface area (Å²) in [6.45, 7) is 2.72. The molecule has 0 unspecified atom stereocenters. The van der Waals surface area contributed by atoms with Crippen molar-refractivity contribution in [3.05, 3.63) is 67.5 Å². The van der Waals surface area contributed by atoms with Gasteiger partial charge in [0.25, 0.3) is 11.6 Å². The molecule has 2 aromatic carbocycles. The van der Waals surface area contributed by atoms with Gasteiger partial charge in [-0.05, 0) is 36.9 Å². The lowest BCUT2D eigenvalue weighted by Gasteiger charge is -2.04. The van der Waals surface area contributed by atoms with Gasteiger partial charge in [0.1, 0.15) is 0 Å². The molecule has 0 saturated heterocycles. The molecule has 9 heteroatoms. The molecule has 140 valence electrons. The van der Waals surface area contributed by atoms with E-state index >= 15 is 0 Å². The molecule has 3 aromatic rings. The molecule has 0 fully saturated rings. The summed E-state index contributed by atoms with van der Waals surface area (Å²) in [5.74, 6) is 0.281. The Kier molecular flexibility index (Phi) is 5.98. The van der Waals surface area contributed by atoms with Gasteiger partial charge in [-0.25, -0.2) is 0 Å². The van der Waals surface area contributed by atoms with Crippen molar-refractivity contribution in [2.24, 2.45) is 4.99 Å². The highest BCUT2D eigenvalue weighted by Crippen LogP contribution is 2.23. The molecule has 0 atom stereocenters. The summed E-state index contributed by atoms with van der Waals surface area (Å²) in [7, 11) is 0. The van der Waals surface area contributed by atoms with Gasteiger partial charge in [0.05, 0.1) is 25.7 Å².